The number of likely N-dealkylation sites (N-methyl/N-ethyl adjacent to an activating group) is 1. The Morgan fingerprint density at radius 2 is 1.87 bits per heavy atom. The maximum atomic E-state index is 12.2. The zero-order valence-corrected chi connectivity index (χ0v) is 13.5. The average molecular weight is 321 g/mol. The predicted octanol–water partition coefficient (Wildman–Crippen LogP) is 0.746. The zero-order valence-electron chi connectivity index (χ0n) is 13.5. The van der Waals surface area contributed by atoms with Crippen LogP contribution in [0.1, 0.15) is 25.4 Å². The predicted molar refractivity (Wildman–Crippen MR) is 79.0 cm³/mol. The molecule has 8 heteroatoms. The molecule has 0 radical (unpaired) electrons. The highest BCUT2D eigenvalue weighted by atomic mass is 16.3. The second kappa shape index (κ2) is 6.23. The molecule has 124 valence electrons. The van der Waals surface area contributed by atoms with E-state index in [1.807, 2.05) is 0 Å². The van der Waals surface area contributed by atoms with Gasteiger partial charge in [-0.2, -0.15) is 0 Å². The summed E-state index contributed by atoms with van der Waals surface area (Å²) in [6, 6.07) is 2.32. The molecule has 1 aromatic heterocycles. The van der Waals surface area contributed by atoms with Crippen LogP contribution in [0.5, 0.6) is 0 Å². The van der Waals surface area contributed by atoms with Crippen LogP contribution in [0.3, 0.4) is 0 Å². The summed E-state index contributed by atoms with van der Waals surface area (Å²) in [6.45, 7) is 4.78. The number of hydrogen-bond acceptors (Lipinski definition) is 5. The van der Waals surface area contributed by atoms with E-state index in [4.69, 9.17) is 4.42 Å². The van der Waals surface area contributed by atoms with E-state index in [0.717, 1.165) is 10.7 Å². The highest BCUT2D eigenvalue weighted by molar-refractivity contribution is 6.45. The van der Waals surface area contributed by atoms with Crippen LogP contribution in [0.4, 0.5) is 4.79 Å². The minimum absolute atomic E-state index is 0.213. The number of rotatable bonds is 5. The molecule has 0 saturated carbocycles. The summed E-state index contributed by atoms with van der Waals surface area (Å²) in [4.78, 5) is 50.8. The third kappa shape index (κ3) is 3.25. The first-order valence-corrected chi connectivity index (χ1v) is 7.20. The van der Waals surface area contributed by atoms with E-state index >= 15 is 0 Å². The summed E-state index contributed by atoms with van der Waals surface area (Å²) in [6.07, 6.45) is 0. The largest absolute Gasteiger partial charge is 0.464 e. The Hall–Kier alpha value is -2.64. The van der Waals surface area contributed by atoms with Crippen molar-refractivity contribution in [1.29, 1.82) is 0 Å². The van der Waals surface area contributed by atoms with E-state index in [-0.39, 0.29) is 6.54 Å². The van der Waals surface area contributed by atoms with Gasteiger partial charge >= 0.3 is 17.8 Å². The maximum absolute atomic E-state index is 12.2. The Bertz CT molecular complexity index is 664. The SMILES string of the molecule is Cc1ccc(CN(C)C(=O)CN2C(=O)C(=O)N(C(C)C)C2=O)o1. The van der Waals surface area contributed by atoms with Crippen LogP contribution >= 0.6 is 0 Å². The van der Waals surface area contributed by atoms with Gasteiger partial charge in [-0.05, 0) is 32.9 Å². The van der Waals surface area contributed by atoms with E-state index in [2.05, 4.69) is 0 Å². The van der Waals surface area contributed by atoms with E-state index < -0.39 is 36.3 Å². The van der Waals surface area contributed by atoms with Crippen molar-refractivity contribution >= 4 is 23.8 Å². The highest BCUT2D eigenvalue weighted by Crippen LogP contribution is 2.16. The van der Waals surface area contributed by atoms with Gasteiger partial charge in [0, 0.05) is 13.1 Å². The van der Waals surface area contributed by atoms with Gasteiger partial charge in [0.15, 0.2) is 0 Å². The Morgan fingerprint density at radius 1 is 1.22 bits per heavy atom. The number of hydrogen-bond donors (Lipinski definition) is 0. The first kappa shape index (κ1) is 16.7. The first-order chi connectivity index (χ1) is 10.7. The lowest BCUT2D eigenvalue weighted by molar-refractivity contribution is -0.145. The Balaban J connectivity index is 2.03. The molecular weight excluding hydrogens is 302 g/mol. The van der Waals surface area contributed by atoms with Gasteiger partial charge in [0.2, 0.25) is 5.91 Å². The van der Waals surface area contributed by atoms with Gasteiger partial charge in [-0.15, -0.1) is 0 Å². The molecule has 0 N–H and O–H groups in total. The van der Waals surface area contributed by atoms with Gasteiger partial charge in [-0.25, -0.2) is 9.69 Å². The number of imide groups is 2. The molecule has 0 spiro atoms. The number of nitrogens with zero attached hydrogens (tertiary/aromatic N) is 3. The normalized spacial score (nSPS) is 15.1. The van der Waals surface area contributed by atoms with E-state index in [9.17, 15) is 19.2 Å². The van der Waals surface area contributed by atoms with Crippen molar-refractivity contribution in [3.05, 3.63) is 23.7 Å². The molecule has 0 aliphatic carbocycles. The topological polar surface area (TPSA) is 91.1 Å². The van der Waals surface area contributed by atoms with Crippen molar-refractivity contribution in [2.45, 2.75) is 33.4 Å². The number of carbonyl (C=O) groups excluding carboxylic acids is 4. The summed E-state index contributed by atoms with van der Waals surface area (Å²) >= 11 is 0. The van der Waals surface area contributed by atoms with Crippen molar-refractivity contribution in [2.24, 2.45) is 0 Å². The van der Waals surface area contributed by atoms with Crippen LogP contribution in [-0.4, -0.2) is 58.1 Å². The van der Waals surface area contributed by atoms with Crippen molar-refractivity contribution in [3.63, 3.8) is 0 Å². The number of carbonyl (C=O) groups is 4. The molecule has 0 bridgehead atoms. The summed E-state index contributed by atoms with van der Waals surface area (Å²) in [5, 5.41) is 0. The fourth-order valence-corrected chi connectivity index (χ4v) is 2.27. The van der Waals surface area contributed by atoms with Crippen LogP contribution < -0.4 is 0 Å². The number of furan rings is 1. The first-order valence-electron chi connectivity index (χ1n) is 7.20. The molecule has 0 atom stereocenters. The summed E-state index contributed by atoms with van der Waals surface area (Å²) in [5.74, 6) is -1.01. The van der Waals surface area contributed by atoms with E-state index in [1.54, 1.807) is 32.9 Å². The second-order valence-corrected chi connectivity index (χ2v) is 5.70. The molecule has 8 nitrogen and oxygen atoms in total. The lowest BCUT2D eigenvalue weighted by atomic mass is 10.3. The van der Waals surface area contributed by atoms with Gasteiger partial charge in [-0.1, -0.05) is 0 Å². The molecule has 1 aliphatic rings. The molecule has 0 aromatic carbocycles. The number of urea groups is 1. The van der Waals surface area contributed by atoms with Crippen LogP contribution in [0.2, 0.25) is 0 Å². The minimum Gasteiger partial charge on any atom is -0.464 e. The van der Waals surface area contributed by atoms with Gasteiger partial charge in [0.1, 0.15) is 18.1 Å². The maximum Gasteiger partial charge on any atom is 0.334 e. The Kier molecular flexibility index (Phi) is 4.53. The fourth-order valence-electron chi connectivity index (χ4n) is 2.27. The Labute approximate surface area is 133 Å². The monoisotopic (exact) mass is 321 g/mol. The van der Waals surface area contributed by atoms with Crippen molar-refractivity contribution in [2.75, 3.05) is 13.6 Å². The molecule has 1 fully saturated rings. The Morgan fingerprint density at radius 3 is 2.35 bits per heavy atom. The van der Waals surface area contributed by atoms with Gasteiger partial charge < -0.3 is 9.32 Å². The third-order valence-corrected chi connectivity index (χ3v) is 3.51. The highest BCUT2D eigenvalue weighted by Gasteiger charge is 2.46. The van der Waals surface area contributed by atoms with E-state index in [1.165, 1.54) is 11.9 Å². The van der Waals surface area contributed by atoms with Crippen molar-refractivity contribution in [1.82, 2.24) is 14.7 Å². The molecule has 1 aromatic rings. The quantitative estimate of drug-likeness (QED) is 0.589. The van der Waals surface area contributed by atoms with Crippen LogP contribution in [0.25, 0.3) is 0 Å². The standard InChI is InChI=1S/C15H19N3O5/c1-9(2)18-14(21)13(20)17(15(18)22)8-12(19)16(4)7-11-6-5-10(3)23-11/h5-6,9H,7-8H2,1-4H3. The van der Waals surface area contributed by atoms with Crippen LogP contribution in [0.15, 0.2) is 16.5 Å². The molecule has 2 rings (SSSR count). The molecule has 2 heterocycles. The third-order valence-electron chi connectivity index (χ3n) is 3.51. The fraction of sp³-hybridized carbons (Fsp3) is 0.467. The zero-order chi connectivity index (χ0) is 17.3. The lowest BCUT2D eigenvalue weighted by Crippen LogP contribution is -2.42. The number of aryl methyl sites for hydroxylation is 1. The summed E-state index contributed by atoms with van der Waals surface area (Å²) in [5.41, 5.74) is 0. The van der Waals surface area contributed by atoms with Gasteiger partial charge in [-0.3, -0.25) is 19.3 Å². The lowest BCUT2D eigenvalue weighted by Gasteiger charge is -2.20. The van der Waals surface area contributed by atoms with Crippen LogP contribution in [0, 0.1) is 6.92 Å². The number of amides is 5. The van der Waals surface area contributed by atoms with Crippen molar-refractivity contribution in [3.8, 4) is 0 Å². The smallest absolute Gasteiger partial charge is 0.334 e. The molecule has 1 saturated heterocycles. The molecular formula is C15H19N3O5. The molecule has 0 unspecified atom stereocenters. The van der Waals surface area contributed by atoms with Gasteiger partial charge in [0.25, 0.3) is 0 Å². The second-order valence-electron chi connectivity index (χ2n) is 5.70. The average Bonchev–Trinajstić information content (AvgIpc) is 2.95. The molecule has 5 amide bonds. The molecule has 1 aliphatic heterocycles. The minimum atomic E-state index is -0.973. The summed E-state index contributed by atoms with van der Waals surface area (Å²) < 4.78 is 5.38. The van der Waals surface area contributed by atoms with Crippen molar-refractivity contribution < 1.29 is 23.6 Å². The van der Waals surface area contributed by atoms with Gasteiger partial charge in [0.05, 0.1) is 6.54 Å². The van der Waals surface area contributed by atoms with E-state index in [0.29, 0.717) is 10.7 Å². The van der Waals surface area contributed by atoms with Crippen LogP contribution in [-0.2, 0) is 20.9 Å². The molecule has 23 heavy (non-hydrogen) atoms. The summed E-state index contributed by atoms with van der Waals surface area (Å²) in [7, 11) is 1.53.